The molecule has 1 N–H and O–H groups in total. The lowest BCUT2D eigenvalue weighted by Gasteiger charge is -2.17. The van der Waals surface area contributed by atoms with Crippen LogP contribution in [0, 0.1) is 0 Å². The quantitative estimate of drug-likeness (QED) is 0.457. The van der Waals surface area contributed by atoms with Crippen molar-refractivity contribution < 1.29 is 19.1 Å². The molecule has 0 saturated heterocycles. The average molecular weight is 451 g/mol. The number of carbonyl (C=O) groups excluding carboxylic acids is 2. The van der Waals surface area contributed by atoms with E-state index in [4.69, 9.17) is 9.47 Å². The van der Waals surface area contributed by atoms with Crippen molar-refractivity contribution in [1.29, 1.82) is 0 Å². The van der Waals surface area contributed by atoms with Gasteiger partial charge in [0.05, 0.1) is 31.5 Å². The van der Waals surface area contributed by atoms with Crippen LogP contribution < -0.4 is 14.8 Å². The highest BCUT2D eigenvalue weighted by Crippen LogP contribution is 2.13. The van der Waals surface area contributed by atoms with Crippen molar-refractivity contribution >= 4 is 17.5 Å². The van der Waals surface area contributed by atoms with E-state index in [1.54, 1.807) is 18.1 Å². The van der Waals surface area contributed by atoms with E-state index >= 15 is 0 Å². The summed E-state index contributed by atoms with van der Waals surface area (Å²) in [5.41, 5.74) is 1.79. The Morgan fingerprint density at radius 3 is 2.42 bits per heavy atom. The van der Waals surface area contributed by atoms with Gasteiger partial charge in [0.1, 0.15) is 24.7 Å². The van der Waals surface area contributed by atoms with Gasteiger partial charge < -0.3 is 19.7 Å². The fraction of sp³-hybridized carbons (Fsp3) is 0.320. The lowest BCUT2D eigenvalue weighted by atomic mass is 10.2. The lowest BCUT2D eigenvalue weighted by Crippen LogP contribution is -2.33. The molecule has 8 heteroatoms. The van der Waals surface area contributed by atoms with Crippen LogP contribution in [0.1, 0.15) is 18.9 Å². The molecule has 0 aliphatic heterocycles. The molecule has 0 saturated carbocycles. The van der Waals surface area contributed by atoms with E-state index in [0.29, 0.717) is 18.8 Å². The van der Waals surface area contributed by atoms with E-state index in [0.717, 1.165) is 17.9 Å². The van der Waals surface area contributed by atoms with E-state index in [1.807, 2.05) is 54.6 Å². The first-order chi connectivity index (χ1) is 16.0. The zero-order valence-electron chi connectivity index (χ0n) is 19.1. The topological polar surface area (TPSA) is 85.7 Å². The minimum Gasteiger partial charge on any atom is -0.493 e. The summed E-state index contributed by atoms with van der Waals surface area (Å²) < 4.78 is 12.7. The second-order valence-corrected chi connectivity index (χ2v) is 7.55. The SMILES string of the molecule is CCc1ccc(OCCN(C)C(=O)Cn2cc(NC(=O)CCOc3ccccc3)cn2)cc1. The smallest absolute Gasteiger partial charge is 0.244 e. The third-order valence-corrected chi connectivity index (χ3v) is 5.01. The fourth-order valence-electron chi connectivity index (χ4n) is 3.02. The Morgan fingerprint density at radius 2 is 1.70 bits per heavy atom. The predicted molar refractivity (Wildman–Crippen MR) is 126 cm³/mol. The van der Waals surface area contributed by atoms with Crippen LogP contribution in [-0.4, -0.2) is 53.3 Å². The van der Waals surface area contributed by atoms with Crippen LogP contribution in [0.5, 0.6) is 11.5 Å². The maximum atomic E-state index is 12.5. The molecule has 0 unspecified atom stereocenters. The van der Waals surface area contributed by atoms with Gasteiger partial charge in [0, 0.05) is 13.2 Å². The second kappa shape index (κ2) is 12.3. The van der Waals surface area contributed by atoms with Gasteiger partial charge in [-0.2, -0.15) is 5.10 Å². The molecule has 0 atom stereocenters. The Hall–Kier alpha value is -3.81. The second-order valence-electron chi connectivity index (χ2n) is 7.55. The fourth-order valence-corrected chi connectivity index (χ4v) is 3.02. The van der Waals surface area contributed by atoms with Crippen LogP contribution in [0.15, 0.2) is 67.0 Å². The van der Waals surface area contributed by atoms with Crippen LogP contribution >= 0.6 is 0 Å². The molecule has 174 valence electrons. The van der Waals surface area contributed by atoms with Gasteiger partial charge in [0.2, 0.25) is 11.8 Å². The molecule has 0 bridgehead atoms. The molecular weight excluding hydrogens is 420 g/mol. The highest BCUT2D eigenvalue weighted by molar-refractivity contribution is 5.90. The summed E-state index contributed by atoms with van der Waals surface area (Å²) in [6, 6.07) is 17.3. The number of ether oxygens (including phenoxy) is 2. The van der Waals surface area contributed by atoms with Crippen molar-refractivity contribution in [1.82, 2.24) is 14.7 Å². The van der Waals surface area contributed by atoms with Crippen molar-refractivity contribution in [3.63, 3.8) is 0 Å². The van der Waals surface area contributed by atoms with E-state index in [1.165, 1.54) is 16.4 Å². The first-order valence-electron chi connectivity index (χ1n) is 11.0. The van der Waals surface area contributed by atoms with Gasteiger partial charge in [0.25, 0.3) is 0 Å². The number of nitrogens with one attached hydrogen (secondary N) is 1. The molecule has 8 nitrogen and oxygen atoms in total. The minimum atomic E-state index is -0.182. The summed E-state index contributed by atoms with van der Waals surface area (Å²) in [6.07, 6.45) is 4.35. The van der Waals surface area contributed by atoms with Gasteiger partial charge >= 0.3 is 0 Å². The minimum absolute atomic E-state index is 0.0781. The third kappa shape index (κ3) is 7.99. The molecule has 0 spiro atoms. The predicted octanol–water partition coefficient (Wildman–Crippen LogP) is 3.39. The highest BCUT2D eigenvalue weighted by Gasteiger charge is 2.12. The Kier molecular flexibility index (Phi) is 8.88. The average Bonchev–Trinajstić information content (AvgIpc) is 3.26. The number of likely N-dealkylation sites (N-methyl/N-ethyl adjacent to an activating group) is 1. The molecule has 0 radical (unpaired) electrons. The Labute approximate surface area is 194 Å². The molecule has 0 aliphatic rings. The van der Waals surface area contributed by atoms with Crippen molar-refractivity contribution in [2.45, 2.75) is 26.3 Å². The molecule has 2 aromatic carbocycles. The van der Waals surface area contributed by atoms with Crippen LogP contribution in [0.4, 0.5) is 5.69 Å². The first kappa shape index (κ1) is 23.8. The van der Waals surface area contributed by atoms with E-state index < -0.39 is 0 Å². The largest absolute Gasteiger partial charge is 0.493 e. The third-order valence-electron chi connectivity index (χ3n) is 5.01. The van der Waals surface area contributed by atoms with Crippen molar-refractivity contribution in [3.8, 4) is 11.5 Å². The highest BCUT2D eigenvalue weighted by atomic mass is 16.5. The molecule has 1 heterocycles. The maximum Gasteiger partial charge on any atom is 0.244 e. The van der Waals surface area contributed by atoms with Crippen LogP contribution in [0.25, 0.3) is 0 Å². The van der Waals surface area contributed by atoms with Gasteiger partial charge in [-0.1, -0.05) is 37.3 Å². The molecular formula is C25H30N4O4. The molecule has 0 aliphatic carbocycles. The number of rotatable bonds is 12. The molecule has 3 rings (SSSR count). The van der Waals surface area contributed by atoms with E-state index in [-0.39, 0.29) is 31.4 Å². The molecule has 3 aromatic rings. The number of hydrogen-bond acceptors (Lipinski definition) is 5. The van der Waals surface area contributed by atoms with Crippen LogP contribution in [0.2, 0.25) is 0 Å². The molecule has 33 heavy (non-hydrogen) atoms. The standard InChI is InChI=1S/C25H30N4O4/c1-3-20-9-11-23(12-10-20)33-16-14-28(2)25(31)19-29-18-21(17-26-29)27-24(30)13-15-32-22-7-5-4-6-8-22/h4-12,17-18H,3,13-16,19H2,1-2H3,(H,27,30). The number of aromatic nitrogens is 2. The Morgan fingerprint density at radius 1 is 1.00 bits per heavy atom. The van der Waals surface area contributed by atoms with Gasteiger partial charge in [-0.05, 0) is 36.2 Å². The Bertz CT molecular complexity index is 1020. The zero-order chi connectivity index (χ0) is 23.5. The summed E-state index contributed by atoms with van der Waals surface area (Å²) in [5, 5.41) is 6.92. The summed E-state index contributed by atoms with van der Waals surface area (Å²) in [5.74, 6) is 1.23. The number of benzene rings is 2. The molecule has 1 aromatic heterocycles. The Balaban J connectivity index is 1.35. The first-order valence-corrected chi connectivity index (χ1v) is 11.0. The molecule has 2 amide bonds. The molecule has 0 fully saturated rings. The van der Waals surface area contributed by atoms with Gasteiger partial charge in [-0.3, -0.25) is 14.3 Å². The summed E-state index contributed by atoms with van der Waals surface area (Å²) in [7, 11) is 1.73. The van der Waals surface area contributed by atoms with Crippen LogP contribution in [-0.2, 0) is 22.6 Å². The summed E-state index contributed by atoms with van der Waals surface area (Å²) in [6.45, 7) is 3.32. The lowest BCUT2D eigenvalue weighted by molar-refractivity contribution is -0.131. The normalized spacial score (nSPS) is 10.5. The van der Waals surface area contributed by atoms with Crippen molar-refractivity contribution in [3.05, 3.63) is 72.6 Å². The number of nitrogens with zero attached hydrogens (tertiary/aromatic N) is 3. The monoisotopic (exact) mass is 450 g/mol. The van der Waals surface area contributed by atoms with Gasteiger partial charge in [0.15, 0.2) is 0 Å². The summed E-state index contributed by atoms with van der Waals surface area (Å²) >= 11 is 0. The van der Waals surface area contributed by atoms with Crippen molar-refractivity contribution in [2.75, 3.05) is 32.1 Å². The van der Waals surface area contributed by atoms with Gasteiger partial charge in [-0.15, -0.1) is 0 Å². The van der Waals surface area contributed by atoms with Crippen LogP contribution in [0.3, 0.4) is 0 Å². The van der Waals surface area contributed by atoms with Crippen molar-refractivity contribution in [2.24, 2.45) is 0 Å². The van der Waals surface area contributed by atoms with Gasteiger partial charge in [-0.25, -0.2) is 0 Å². The number of hydrogen-bond donors (Lipinski definition) is 1. The maximum absolute atomic E-state index is 12.5. The number of aryl methyl sites for hydroxylation is 1. The summed E-state index contributed by atoms with van der Waals surface area (Å²) in [4.78, 5) is 26.1. The number of para-hydroxylation sites is 1. The number of amides is 2. The van der Waals surface area contributed by atoms with E-state index in [2.05, 4.69) is 17.3 Å². The van der Waals surface area contributed by atoms with E-state index in [9.17, 15) is 9.59 Å². The zero-order valence-corrected chi connectivity index (χ0v) is 19.1. The number of anilines is 1. The number of carbonyl (C=O) groups is 2.